The van der Waals surface area contributed by atoms with Crippen LogP contribution in [0.4, 0.5) is 14.9 Å². The number of fused-ring (bicyclic) bond motifs is 1. The zero-order chi connectivity index (χ0) is 86.5. The molecule has 0 unspecified atom stereocenters. The quantitative estimate of drug-likeness (QED) is 0.00827. The summed E-state index contributed by atoms with van der Waals surface area (Å²) in [5.41, 5.74) is 10.8. The van der Waals surface area contributed by atoms with Gasteiger partial charge in [-0.2, -0.15) is 8.42 Å². The Morgan fingerprint density at radius 2 is 1.49 bits per heavy atom. The number of methoxy groups -OCH3 is 1. The van der Waals surface area contributed by atoms with Crippen LogP contribution >= 0.6 is 22.9 Å². The van der Waals surface area contributed by atoms with Crippen LogP contribution < -0.4 is 51.3 Å². The predicted molar refractivity (Wildman–Crippen MR) is 439 cm³/mol. The summed E-state index contributed by atoms with van der Waals surface area (Å²) >= 11 is 8.56. The summed E-state index contributed by atoms with van der Waals surface area (Å²) in [4.78, 5) is 153. The molecule has 5 aromatic carbocycles. The first-order chi connectivity index (χ1) is 57.2. The average molecular weight is 1710 g/mol. The number of likely N-dealkylation sites (N-methyl/N-ethyl adjacent to an activating group) is 1. The molecule has 1 saturated heterocycles. The third kappa shape index (κ3) is 24.8. The maximum atomic E-state index is 14.6. The third-order valence-corrected chi connectivity index (χ3v) is 22.2. The SMILES string of the molecule is COc1ccccc1-c1nccc(COc2ccccc2C[C@@H](Oc2ncnc3sc(-c4ccc(F)cc4)c(-c4ccc(OCCN5CC[N+](C)(Cc6ccc(NC(=O)[C@H](CCCNC(N)=O)NC(=O)[C@@H](NC(=O)CCOCCN7C(=O)C=CC7=O)C(C)C)cc6CN(C)C(=O)C[C@H](NC(=O)CS(=O)(=O)O)C(=O)O)CC5)c(Cl)c4C)c23)C(=O)O)n1. The van der Waals surface area contributed by atoms with Crippen LogP contribution in [0.2, 0.25) is 5.02 Å². The number of nitrogens with two attached hydrogens (primary N) is 1. The number of imide groups is 1. The van der Waals surface area contributed by atoms with Crippen molar-refractivity contribution in [3.63, 3.8) is 0 Å². The number of para-hydroxylation sites is 2. The van der Waals surface area contributed by atoms with E-state index in [1.807, 2.05) is 49.6 Å². The topological polar surface area (TPSA) is 459 Å². The van der Waals surface area contributed by atoms with Crippen LogP contribution in [-0.2, 0) is 84.1 Å². The Kier molecular flexibility index (Phi) is 31.2. The lowest BCUT2D eigenvalue weighted by atomic mass is 9.96. The Morgan fingerprint density at radius 1 is 0.775 bits per heavy atom. The van der Waals surface area contributed by atoms with Gasteiger partial charge in [0, 0.05) is 92.7 Å². The van der Waals surface area contributed by atoms with Crippen molar-refractivity contribution in [2.75, 3.05) is 97.9 Å². The number of carbonyl (C=O) groups excluding carboxylic acids is 8. The van der Waals surface area contributed by atoms with E-state index in [1.165, 1.54) is 41.7 Å². The first-order valence-corrected chi connectivity index (χ1v) is 41.0. The lowest BCUT2D eigenvalue weighted by Crippen LogP contribution is -2.57. The summed E-state index contributed by atoms with van der Waals surface area (Å²) in [6.07, 6.45) is 2.58. The molecule has 34 nitrogen and oxygen atoms in total. The molecule has 10 rings (SSSR count). The molecule has 9 amide bonds. The van der Waals surface area contributed by atoms with Crippen molar-refractivity contribution < 1.29 is 104 Å². The van der Waals surface area contributed by atoms with Gasteiger partial charge in [0.2, 0.25) is 41.5 Å². The molecule has 3 aromatic heterocycles. The Morgan fingerprint density at radius 3 is 2.18 bits per heavy atom. The largest absolute Gasteiger partial charge is 0.496 e. The number of hydrogen-bond acceptors (Lipinski definition) is 23. The normalized spacial score (nSPS) is 14.3. The first kappa shape index (κ1) is 90.2. The highest BCUT2D eigenvalue weighted by Gasteiger charge is 2.35. The fraction of sp³-hybridized carbons (Fsp3) is 0.366. The number of ether oxygens (including phenoxy) is 5. The molecule has 2 aliphatic rings. The molecule has 2 aliphatic heterocycles. The number of nitrogens with zero attached hydrogens (tertiary/aromatic N) is 8. The fourth-order valence-electron chi connectivity index (χ4n) is 13.5. The van der Waals surface area contributed by atoms with E-state index in [2.05, 4.69) is 41.1 Å². The van der Waals surface area contributed by atoms with Crippen molar-refractivity contribution in [1.29, 1.82) is 0 Å². The Hall–Kier alpha value is -12.1. The van der Waals surface area contributed by atoms with Gasteiger partial charge in [0.05, 0.1) is 75.1 Å². The van der Waals surface area contributed by atoms with Crippen LogP contribution in [0.3, 0.4) is 0 Å². The van der Waals surface area contributed by atoms with Gasteiger partial charge in [-0.05, 0) is 108 Å². The molecule has 1 fully saturated rings. The lowest BCUT2D eigenvalue weighted by molar-refractivity contribution is -0.926. The molecule has 38 heteroatoms. The van der Waals surface area contributed by atoms with Gasteiger partial charge < -0.3 is 75.6 Å². The second-order valence-corrected chi connectivity index (χ2v) is 32.0. The molecular formula is C82H93ClFN14O20S2+. The summed E-state index contributed by atoms with van der Waals surface area (Å²) < 4.78 is 77.4. The Bertz CT molecular complexity index is 5250. The number of carbonyl (C=O) groups is 10. The van der Waals surface area contributed by atoms with E-state index in [9.17, 15) is 75.5 Å². The van der Waals surface area contributed by atoms with E-state index < -0.39 is 118 Å². The number of hydrogen-bond donors (Lipinski definition) is 9. The van der Waals surface area contributed by atoms with Gasteiger partial charge >= 0.3 is 18.0 Å². The smallest absolute Gasteiger partial charge is 0.345 e. The van der Waals surface area contributed by atoms with Crippen LogP contribution in [0.5, 0.6) is 23.1 Å². The minimum Gasteiger partial charge on any atom is -0.496 e. The number of benzene rings is 5. The van der Waals surface area contributed by atoms with Crippen LogP contribution in [0.25, 0.3) is 43.2 Å². The van der Waals surface area contributed by atoms with Crippen molar-refractivity contribution in [1.82, 2.24) is 55.9 Å². The number of aromatic nitrogens is 4. The second-order valence-electron chi connectivity index (χ2n) is 29.2. The predicted octanol–water partition coefficient (Wildman–Crippen LogP) is 6.74. The standard InChI is InChI=1S/C82H92ClFN14O20S2/c1-48(2)73(94-65(99)28-37-115-38-34-97-67(101)25-26-68(97)102)77(105)93-59(14-11-29-87-82(85)110)76(104)91-55-22-19-52(53(40-55)43-95(4)69(103)42-60(80(106)107)92-66(100)46-120(111,112)113)44-98(5)35-31-96(32-36-98)33-39-116-63-24-23-57(49(3)72(63)83)70-71-78(88-47-89-79(71)119-74(70)50-17-20-54(84)21-18-50)118-64(81(108)109)41-51-12-7-9-15-61(51)117-45-56-27-30-86-75(90-56)58-13-8-10-16-62(58)114-6/h7-10,12-13,15-27,30,40,47-48,59-60,64,73H,11,14,28-29,31-39,41-46H2,1-6H3,(H9-,85,87,91,92,93,94,99,100,104,105,106,107,108,109,110,111,112,113)/p+1/t59-,60-,64+,73-/m0/s1. The van der Waals surface area contributed by atoms with E-state index in [0.29, 0.717) is 132 Å². The molecule has 0 radical (unpaired) electrons. The van der Waals surface area contributed by atoms with E-state index in [-0.39, 0.29) is 88.3 Å². The number of thiophene rings is 1. The second kappa shape index (κ2) is 41.5. The highest BCUT2D eigenvalue weighted by atomic mass is 35.5. The summed E-state index contributed by atoms with van der Waals surface area (Å²) in [5.74, 6) is -8.78. The molecule has 4 atom stereocenters. The number of amides is 9. The number of primary amides is 1. The van der Waals surface area contributed by atoms with Crippen molar-refractivity contribution in [3.05, 3.63) is 173 Å². The number of halogens is 2. The molecule has 120 heavy (non-hydrogen) atoms. The summed E-state index contributed by atoms with van der Waals surface area (Å²) in [5, 5.41) is 34.2. The molecule has 10 N–H and O–H groups in total. The van der Waals surface area contributed by atoms with Gasteiger partial charge in [0.15, 0.2) is 11.6 Å². The first-order valence-electron chi connectivity index (χ1n) is 38.2. The zero-order valence-electron chi connectivity index (χ0n) is 66.5. The number of urea groups is 1. The molecule has 0 saturated carbocycles. The van der Waals surface area contributed by atoms with Gasteiger partial charge in [-0.25, -0.2) is 38.7 Å². The fourth-order valence-corrected chi connectivity index (χ4v) is 15.3. The van der Waals surface area contributed by atoms with E-state index in [1.54, 1.807) is 93.9 Å². The highest BCUT2D eigenvalue weighted by molar-refractivity contribution is 7.86. The number of rotatable bonds is 42. The maximum Gasteiger partial charge on any atom is 0.345 e. The molecule has 0 spiro atoms. The lowest BCUT2D eigenvalue weighted by Gasteiger charge is -2.42. The van der Waals surface area contributed by atoms with Gasteiger partial charge in [-0.15, -0.1) is 11.3 Å². The van der Waals surface area contributed by atoms with Crippen molar-refractivity contribution in [2.45, 2.75) is 96.8 Å². The van der Waals surface area contributed by atoms with Gasteiger partial charge in [-0.3, -0.25) is 47.9 Å². The third-order valence-electron chi connectivity index (χ3n) is 20.0. The van der Waals surface area contributed by atoms with Crippen LogP contribution in [0.15, 0.2) is 134 Å². The number of quaternary nitrogens is 1. The summed E-state index contributed by atoms with van der Waals surface area (Å²) in [6, 6.07) is 25.4. The van der Waals surface area contributed by atoms with Crippen LogP contribution in [0, 0.1) is 18.7 Å². The van der Waals surface area contributed by atoms with Gasteiger partial charge in [0.1, 0.15) is 72.1 Å². The Balaban J connectivity index is 0.823. The molecule has 636 valence electrons. The number of nitrogens with one attached hydrogen (secondary N) is 5. The summed E-state index contributed by atoms with van der Waals surface area (Å²) in [7, 11) is 0.121. The van der Waals surface area contributed by atoms with Crippen LogP contribution in [-0.4, -0.2) is 238 Å². The number of piperazine rings is 1. The van der Waals surface area contributed by atoms with Gasteiger partial charge in [0.25, 0.3) is 21.9 Å². The minimum atomic E-state index is -4.87. The molecule has 0 bridgehead atoms. The minimum absolute atomic E-state index is 0.0186. The maximum absolute atomic E-state index is 14.6. The molecule has 8 aromatic rings. The monoisotopic (exact) mass is 1710 g/mol. The van der Waals surface area contributed by atoms with Gasteiger partial charge in [-0.1, -0.05) is 80.0 Å². The highest BCUT2D eigenvalue weighted by Crippen LogP contribution is 2.50. The van der Waals surface area contributed by atoms with E-state index in [4.69, 9.17) is 46.0 Å². The number of aliphatic carboxylic acids is 2. The van der Waals surface area contributed by atoms with Crippen LogP contribution in [0.1, 0.15) is 67.5 Å². The number of anilines is 1. The zero-order valence-corrected chi connectivity index (χ0v) is 68.9. The molecular weight excluding hydrogens is 1620 g/mol. The average Bonchev–Trinajstić information content (AvgIpc) is 1.58. The van der Waals surface area contributed by atoms with Crippen molar-refractivity contribution in [3.8, 4) is 56.1 Å². The Labute approximate surface area is 699 Å². The number of carboxylic acid groups (broad SMARTS) is 2. The van der Waals surface area contributed by atoms with Crippen molar-refractivity contribution >= 4 is 108 Å². The molecule has 5 heterocycles. The molecule has 0 aliphatic carbocycles. The number of carboxylic acids is 2. The van der Waals surface area contributed by atoms with Crippen molar-refractivity contribution in [2.24, 2.45) is 11.7 Å². The van der Waals surface area contributed by atoms with E-state index >= 15 is 0 Å². The van der Waals surface area contributed by atoms with E-state index in [0.717, 1.165) is 17.1 Å². The summed E-state index contributed by atoms with van der Waals surface area (Å²) in [6.45, 7) is 8.21.